The number of nitrogens with zero attached hydrogens (tertiary/aromatic N) is 2. The Balaban J connectivity index is 1.89. The van der Waals surface area contributed by atoms with Crippen LogP contribution >= 0.6 is 0 Å². The molecule has 1 heterocycles. The molecule has 1 aromatic carbocycles. The van der Waals surface area contributed by atoms with E-state index in [1.165, 1.54) is 10.4 Å². The molecule has 0 amide bonds. The highest BCUT2D eigenvalue weighted by Gasteiger charge is 2.23. The van der Waals surface area contributed by atoms with Gasteiger partial charge in [-0.2, -0.15) is 4.31 Å². The van der Waals surface area contributed by atoms with E-state index in [1.807, 2.05) is 6.92 Å². The third-order valence-corrected chi connectivity index (χ3v) is 5.87. The summed E-state index contributed by atoms with van der Waals surface area (Å²) in [6, 6.07) is 4.87. The zero-order valence-corrected chi connectivity index (χ0v) is 16.1. The number of ether oxygens (including phenoxy) is 1. The van der Waals surface area contributed by atoms with Gasteiger partial charge < -0.3 is 15.4 Å². The maximum Gasteiger partial charge on any atom is 0.215 e. The molecule has 0 spiro atoms. The third-order valence-electron chi connectivity index (χ3n) is 4.00. The van der Waals surface area contributed by atoms with Gasteiger partial charge >= 0.3 is 0 Å². The van der Waals surface area contributed by atoms with E-state index in [9.17, 15) is 12.8 Å². The molecule has 0 radical (unpaired) electrons. The van der Waals surface area contributed by atoms with Crippen molar-refractivity contribution in [3.8, 4) is 0 Å². The Morgan fingerprint density at radius 3 is 2.69 bits per heavy atom. The number of sulfonamides is 1. The number of aryl methyl sites for hydroxylation is 1. The molecule has 7 nitrogen and oxygen atoms in total. The van der Waals surface area contributed by atoms with Crippen molar-refractivity contribution in [3.05, 3.63) is 35.1 Å². The van der Waals surface area contributed by atoms with Gasteiger partial charge in [-0.1, -0.05) is 12.1 Å². The number of rotatable bonds is 7. The SMILES string of the molecule is CCNC(=NCc1ccc(F)c(C)c1)NCCS(=O)(=O)N1CCOCC1. The van der Waals surface area contributed by atoms with E-state index < -0.39 is 10.0 Å². The zero-order chi connectivity index (χ0) is 19.0. The largest absolute Gasteiger partial charge is 0.379 e. The van der Waals surface area contributed by atoms with Crippen molar-refractivity contribution in [2.24, 2.45) is 4.99 Å². The van der Waals surface area contributed by atoms with E-state index in [2.05, 4.69) is 15.6 Å². The van der Waals surface area contributed by atoms with Gasteiger partial charge in [0.15, 0.2) is 5.96 Å². The van der Waals surface area contributed by atoms with Crippen LogP contribution in [0.25, 0.3) is 0 Å². The van der Waals surface area contributed by atoms with Gasteiger partial charge in [0.05, 0.1) is 25.5 Å². The maximum atomic E-state index is 13.3. The average Bonchev–Trinajstić information content (AvgIpc) is 2.63. The van der Waals surface area contributed by atoms with E-state index in [4.69, 9.17) is 4.74 Å². The second-order valence-electron chi connectivity index (χ2n) is 6.03. The standard InChI is InChI=1S/C17H27FN4O3S/c1-3-19-17(21-13-15-4-5-16(18)14(2)12-15)20-6-11-26(23,24)22-7-9-25-10-8-22/h4-5,12H,3,6-11,13H2,1-2H3,(H2,19,20,21). The Morgan fingerprint density at radius 2 is 2.04 bits per heavy atom. The number of halogens is 1. The summed E-state index contributed by atoms with van der Waals surface area (Å²) in [7, 11) is -3.31. The van der Waals surface area contributed by atoms with Crippen molar-refractivity contribution in [2.75, 3.05) is 45.1 Å². The Bertz CT molecular complexity index is 719. The summed E-state index contributed by atoms with van der Waals surface area (Å²) < 4.78 is 44.6. The Hall–Kier alpha value is -1.71. The van der Waals surface area contributed by atoms with Crippen molar-refractivity contribution < 1.29 is 17.5 Å². The van der Waals surface area contributed by atoms with Gasteiger partial charge in [-0.05, 0) is 31.0 Å². The minimum absolute atomic E-state index is 0.00687. The van der Waals surface area contributed by atoms with E-state index in [0.717, 1.165) is 5.56 Å². The molecule has 1 aromatic rings. The van der Waals surface area contributed by atoms with Gasteiger partial charge in [-0.3, -0.25) is 0 Å². The Kier molecular flexibility index (Phi) is 7.80. The zero-order valence-electron chi connectivity index (χ0n) is 15.3. The van der Waals surface area contributed by atoms with Crippen LogP contribution in [0.1, 0.15) is 18.1 Å². The van der Waals surface area contributed by atoms with E-state index in [0.29, 0.717) is 50.9 Å². The highest BCUT2D eigenvalue weighted by molar-refractivity contribution is 7.89. The van der Waals surface area contributed by atoms with Gasteiger partial charge in [0, 0.05) is 26.2 Å². The highest BCUT2D eigenvalue weighted by Crippen LogP contribution is 2.10. The summed E-state index contributed by atoms with van der Waals surface area (Å²) >= 11 is 0. The predicted octanol–water partition coefficient (Wildman–Crippen LogP) is 0.851. The molecular weight excluding hydrogens is 359 g/mol. The van der Waals surface area contributed by atoms with Gasteiger partial charge in [-0.25, -0.2) is 17.8 Å². The molecule has 1 fully saturated rings. The predicted molar refractivity (Wildman–Crippen MR) is 100 cm³/mol. The number of benzene rings is 1. The fourth-order valence-corrected chi connectivity index (χ4v) is 3.89. The molecule has 0 bridgehead atoms. The van der Waals surface area contributed by atoms with Gasteiger partial charge in [-0.15, -0.1) is 0 Å². The minimum atomic E-state index is -3.31. The van der Waals surface area contributed by atoms with Crippen LogP contribution in [0.2, 0.25) is 0 Å². The molecule has 0 atom stereocenters. The molecule has 2 rings (SSSR count). The molecular formula is C17H27FN4O3S. The molecule has 1 aliphatic rings. The van der Waals surface area contributed by atoms with Crippen LogP contribution in [0.3, 0.4) is 0 Å². The molecule has 1 aliphatic heterocycles. The summed E-state index contributed by atoms with van der Waals surface area (Å²) in [6.07, 6.45) is 0. The quantitative estimate of drug-likeness (QED) is 0.536. The maximum absolute atomic E-state index is 13.3. The number of hydrogen-bond acceptors (Lipinski definition) is 4. The lowest BCUT2D eigenvalue weighted by Crippen LogP contribution is -2.45. The van der Waals surface area contributed by atoms with Crippen molar-refractivity contribution in [1.29, 1.82) is 0 Å². The van der Waals surface area contributed by atoms with Crippen LogP contribution in [0.15, 0.2) is 23.2 Å². The molecule has 0 saturated carbocycles. The number of guanidine groups is 1. The number of morpholine rings is 1. The first-order valence-electron chi connectivity index (χ1n) is 8.75. The second kappa shape index (κ2) is 9.84. The van der Waals surface area contributed by atoms with Crippen LogP contribution in [0.5, 0.6) is 0 Å². The molecule has 1 saturated heterocycles. The molecule has 0 aliphatic carbocycles. The monoisotopic (exact) mass is 386 g/mol. The fraction of sp³-hybridized carbons (Fsp3) is 0.588. The minimum Gasteiger partial charge on any atom is -0.379 e. The fourth-order valence-electron chi connectivity index (χ4n) is 2.57. The van der Waals surface area contributed by atoms with Crippen LogP contribution < -0.4 is 10.6 Å². The van der Waals surface area contributed by atoms with Crippen LogP contribution in [-0.4, -0.2) is 63.8 Å². The van der Waals surface area contributed by atoms with Crippen molar-refractivity contribution in [2.45, 2.75) is 20.4 Å². The van der Waals surface area contributed by atoms with E-state index in [1.54, 1.807) is 19.1 Å². The molecule has 0 unspecified atom stereocenters. The van der Waals surface area contributed by atoms with Gasteiger partial charge in [0.1, 0.15) is 5.82 Å². The van der Waals surface area contributed by atoms with Gasteiger partial charge in [0.2, 0.25) is 10.0 Å². The lowest BCUT2D eigenvalue weighted by molar-refractivity contribution is 0.0730. The summed E-state index contributed by atoms with van der Waals surface area (Å²) in [5.74, 6) is 0.287. The third kappa shape index (κ3) is 6.22. The first kappa shape index (κ1) is 20.6. The van der Waals surface area contributed by atoms with Crippen LogP contribution in [0.4, 0.5) is 4.39 Å². The van der Waals surface area contributed by atoms with Crippen molar-refractivity contribution >= 4 is 16.0 Å². The van der Waals surface area contributed by atoms with Gasteiger partial charge in [0.25, 0.3) is 0 Å². The molecule has 9 heteroatoms. The van der Waals surface area contributed by atoms with E-state index in [-0.39, 0.29) is 18.1 Å². The van der Waals surface area contributed by atoms with Crippen LogP contribution in [-0.2, 0) is 21.3 Å². The second-order valence-corrected chi connectivity index (χ2v) is 8.12. The Labute approximate surface area is 154 Å². The smallest absolute Gasteiger partial charge is 0.215 e. The lowest BCUT2D eigenvalue weighted by Gasteiger charge is -2.26. The van der Waals surface area contributed by atoms with E-state index >= 15 is 0 Å². The highest BCUT2D eigenvalue weighted by atomic mass is 32.2. The first-order valence-corrected chi connectivity index (χ1v) is 10.4. The van der Waals surface area contributed by atoms with Crippen molar-refractivity contribution in [3.63, 3.8) is 0 Å². The summed E-state index contributed by atoms with van der Waals surface area (Å²) in [5, 5.41) is 6.12. The number of hydrogen-bond donors (Lipinski definition) is 2. The van der Waals surface area contributed by atoms with Crippen LogP contribution in [0, 0.1) is 12.7 Å². The lowest BCUT2D eigenvalue weighted by atomic mass is 10.1. The summed E-state index contributed by atoms with van der Waals surface area (Å²) in [5.41, 5.74) is 1.47. The normalized spacial score (nSPS) is 16.5. The summed E-state index contributed by atoms with van der Waals surface area (Å²) in [6.45, 7) is 6.62. The molecule has 146 valence electrons. The van der Waals surface area contributed by atoms with Crippen molar-refractivity contribution in [1.82, 2.24) is 14.9 Å². The molecule has 26 heavy (non-hydrogen) atoms. The molecule has 2 N–H and O–H groups in total. The summed E-state index contributed by atoms with van der Waals surface area (Å²) in [4.78, 5) is 4.43. The first-order chi connectivity index (χ1) is 12.4. The Morgan fingerprint density at radius 1 is 1.31 bits per heavy atom. The number of aliphatic imine (C=N–C) groups is 1. The average molecular weight is 386 g/mol. The topological polar surface area (TPSA) is 83.0 Å². The molecule has 0 aromatic heterocycles. The number of nitrogens with one attached hydrogen (secondary N) is 2.